The minimum Gasteiger partial charge on any atom is -0.496 e. The summed E-state index contributed by atoms with van der Waals surface area (Å²) in [5.74, 6) is -4.07. The van der Waals surface area contributed by atoms with Crippen LogP contribution in [0.25, 0.3) is 11.1 Å². The number of hydrogen-bond acceptors (Lipinski definition) is 6. The number of aromatic carboxylic acids is 1. The van der Waals surface area contributed by atoms with Gasteiger partial charge in [-0.25, -0.2) is 9.18 Å². The second kappa shape index (κ2) is 13.7. The molecule has 1 saturated heterocycles. The molecule has 2 amide bonds. The Morgan fingerprint density at radius 2 is 1.61 bits per heavy atom. The molecule has 1 heterocycles. The van der Waals surface area contributed by atoms with Crippen LogP contribution in [0.3, 0.4) is 0 Å². The Bertz CT molecular complexity index is 1900. The number of anilines is 2. The molecular weight excluding hydrogens is 670 g/mol. The van der Waals surface area contributed by atoms with Gasteiger partial charge in [-0.15, -0.1) is 0 Å². The standard InChI is InChI=1S/C38H37F4N3O6/c1-50-32-11-5-22(21-4-10-31(27(17-21)37(48)49)45-12-14-51-15-13-45)18-28(32)35(46)44-34-25-8-7-24(26(25)16-20-2-3-20)33(34)36(47)43-23-6-9-30(39)29(19-23)38(40,41)42/h4-6,9-11,16-20,24-25,33-34H,2-3,7-8,12-15H2,1H3,(H,43,47)(H,44,46)(H,48,49)/b26-16-/t24-,25+,33-,34+/m0/s1. The number of ether oxygens (including phenoxy) is 2. The monoisotopic (exact) mass is 707 g/mol. The van der Waals surface area contributed by atoms with Crippen molar-refractivity contribution in [2.45, 2.75) is 37.9 Å². The van der Waals surface area contributed by atoms with Crippen molar-refractivity contribution in [2.75, 3.05) is 43.6 Å². The first-order valence-corrected chi connectivity index (χ1v) is 17.0. The van der Waals surface area contributed by atoms with Crippen molar-refractivity contribution in [3.8, 4) is 16.9 Å². The molecule has 51 heavy (non-hydrogen) atoms. The first-order valence-electron chi connectivity index (χ1n) is 17.0. The number of alkyl halides is 3. The van der Waals surface area contributed by atoms with E-state index in [1.165, 1.54) is 7.11 Å². The number of nitrogens with one attached hydrogen (secondary N) is 2. The van der Waals surface area contributed by atoms with Crippen LogP contribution in [0.1, 0.15) is 52.0 Å². The van der Waals surface area contributed by atoms with E-state index >= 15 is 0 Å². The van der Waals surface area contributed by atoms with Gasteiger partial charge in [0.05, 0.1) is 48.6 Å². The van der Waals surface area contributed by atoms with Crippen molar-refractivity contribution < 1.29 is 46.5 Å². The smallest absolute Gasteiger partial charge is 0.419 e. The summed E-state index contributed by atoms with van der Waals surface area (Å²) in [6, 6.07) is 11.8. The number of halogens is 4. The number of hydrogen-bond donors (Lipinski definition) is 3. The van der Waals surface area contributed by atoms with Gasteiger partial charge in [-0.3, -0.25) is 9.59 Å². The molecular formula is C38H37F4N3O6. The van der Waals surface area contributed by atoms with Crippen molar-refractivity contribution in [3.05, 3.63) is 88.8 Å². The van der Waals surface area contributed by atoms with Crippen molar-refractivity contribution in [2.24, 2.45) is 23.7 Å². The largest absolute Gasteiger partial charge is 0.496 e. The molecule has 3 aromatic rings. The van der Waals surface area contributed by atoms with E-state index < -0.39 is 47.3 Å². The Morgan fingerprint density at radius 1 is 0.922 bits per heavy atom. The highest BCUT2D eigenvalue weighted by molar-refractivity contribution is 6.01. The number of nitrogens with zero attached hydrogens (tertiary/aromatic N) is 1. The van der Waals surface area contributed by atoms with Crippen LogP contribution < -0.4 is 20.3 Å². The average Bonchev–Trinajstić information content (AvgIpc) is 3.80. The zero-order valence-electron chi connectivity index (χ0n) is 27.8. The fraction of sp³-hybridized carbons (Fsp3) is 0.395. The number of carboxylic acids is 1. The summed E-state index contributed by atoms with van der Waals surface area (Å²) >= 11 is 0. The van der Waals surface area contributed by atoms with Crippen LogP contribution in [-0.2, 0) is 15.7 Å². The van der Waals surface area contributed by atoms with E-state index in [1.54, 1.807) is 36.4 Å². The molecule has 13 heteroatoms. The second-order valence-electron chi connectivity index (χ2n) is 13.6. The van der Waals surface area contributed by atoms with Gasteiger partial charge in [-0.05, 0) is 91.1 Å². The van der Waals surface area contributed by atoms with Crippen LogP contribution in [0.2, 0.25) is 0 Å². The van der Waals surface area contributed by atoms with Crippen LogP contribution in [0.5, 0.6) is 5.75 Å². The Morgan fingerprint density at radius 3 is 2.27 bits per heavy atom. The molecule has 3 aliphatic carbocycles. The summed E-state index contributed by atoms with van der Waals surface area (Å²) in [6.07, 6.45) is 0.742. The number of amides is 2. The number of rotatable bonds is 9. The molecule has 0 aromatic heterocycles. The van der Waals surface area contributed by atoms with E-state index in [-0.39, 0.29) is 34.4 Å². The number of methoxy groups -OCH3 is 1. The number of carbonyl (C=O) groups excluding carboxylic acids is 2. The summed E-state index contributed by atoms with van der Waals surface area (Å²) in [6.45, 7) is 2.10. The maximum Gasteiger partial charge on any atom is 0.419 e. The van der Waals surface area contributed by atoms with Gasteiger partial charge in [0.2, 0.25) is 5.91 Å². The van der Waals surface area contributed by atoms with Crippen LogP contribution >= 0.6 is 0 Å². The third-order valence-corrected chi connectivity index (χ3v) is 10.4. The first-order chi connectivity index (χ1) is 24.4. The predicted octanol–water partition coefficient (Wildman–Crippen LogP) is 6.78. The first kappa shape index (κ1) is 34.5. The number of morpholine rings is 1. The lowest BCUT2D eigenvalue weighted by molar-refractivity contribution is -0.140. The molecule has 9 nitrogen and oxygen atoms in total. The average molecular weight is 708 g/mol. The normalized spacial score (nSPS) is 23.7. The molecule has 3 saturated carbocycles. The maximum atomic E-state index is 14.1. The molecule has 3 aromatic carbocycles. The lowest BCUT2D eigenvalue weighted by atomic mass is 9.83. The van der Waals surface area contributed by atoms with Crippen molar-refractivity contribution >= 4 is 29.2 Å². The van der Waals surface area contributed by atoms with Gasteiger partial charge in [0.1, 0.15) is 11.6 Å². The minimum absolute atomic E-state index is 0.116. The SMILES string of the molecule is COc1ccc(-c2ccc(N3CCOCC3)c(C(=O)O)c2)cc1C(=O)N[C@H]1[C@@H](C(=O)Nc2ccc(F)c(C(F)(F)F)c2)[C@H]2CC[C@@H]1/C2=C\C1CC1. The van der Waals surface area contributed by atoms with Crippen molar-refractivity contribution in [1.82, 2.24) is 5.32 Å². The Hall–Kier alpha value is -4.91. The topological polar surface area (TPSA) is 117 Å². The number of benzene rings is 3. The third kappa shape index (κ3) is 6.91. The number of fused-ring (bicyclic) bond motifs is 2. The van der Waals surface area contributed by atoms with Gasteiger partial charge in [-0.2, -0.15) is 13.2 Å². The van der Waals surface area contributed by atoms with E-state index in [1.807, 2.05) is 4.90 Å². The molecule has 268 valence electrons. The lowest BCUT2D eigenvalue weighted by Crippen LogP contribution is -2.48. The van der Waals surface area contributed by atoms with Gasteiger partial charge in [0.15, 0.2) is 0 Å². The third-order valence-electron chi connectivity index (χ3n) is 10.4. The quantitative estimate of drug-likeness (QED) is 0.166. The molecule has 7 rings (SSSR count). The van der Waals surface area contributed by atoms with Crippen molar-refractivity contribution in [1.29, 1.82) is 0 Å². The van der Waals surface area contributed by atoms with Gasteiger partial charge in [-0.1, -0.05) is 23.8 Å². The molecule has 4 fully saturated rings. The van der Waals surface area contributed by atoms with E-state index in [0.717, 1.165) is 30.9 Å². The van der Waals surface area contributed by atoms with E-state index in [2.05, 4.69) is 16.7 Å². The molecule has 0 radical (unpaired) electrons. The van der Waals surface area contributed by atoms with Crippen LogP contribution in [0, 0.1) is 29.5 Å². The Balaban J connectivity index is 1.18. The van der Waals surface area contributed by atoms with Crippen LogP contribution in [0.4, 0.5) is 28.9 Å². The molecule has 1 aliphatic heterocycles. The highest BCUT2D eigenvalue weighted by atomic mass is 19.4. The molecule has 4 atom stereocenters. The fourth-order valence-corrected chi connectivity index (χ4v) is 7.87. The van der Waals surface area contributed by atoms with E-state index in [4.69, 9.17) is 9.47 Å². The molecule has 0 spiro atoms. The van der Waals surface area contributed by atoms with Gasteiger partial charge >= 0.3 is 12.1 Å². The van der Waals surface area contributed by atoms with Gasteiger partial charge in [0.25, 0.3) is 5.91 Å². The summed E-state index contributed by atoms with van der Waals surface area (Å²) in [4.78, 5) is 42.3. The van der Waals surface area contributed by atoms with Crippen molar-refractivity contribution in [3.63, 3.8) is 0 Å². The Labute approximate surface area is 291 Å². The second-order valence-corrected chi connectivity index (χ2v) is 13.6. The highest BCUT2D eigenvalue weighted by Crippen LogP contribution is 2.54. The number of allylic oxidation sites excluding steroid dienone is 1. The Kier molecular flexibility index (Phi) is 9.25. The van der Waals surface area contributed by atoms with Gasteiger partial charge in [0, 0.05) is 30.7 Å². The summed E-state index contributed by atoms with van der Waals surface area (Å²) < 4.78 is 65.2. The molecule has 0 unspecified atom stereocenters. The summed E-state index contributed by atoms with van der Waals surface area (Å²) in [5, 5.41) is 15.7. The van der Waals surface area contributed by atoms with Crippen LogP contribution in [-0.4, -0.2) is 62.3 Å². The van der Waals surface area contributed by atoms with Crippen LogP contribution in [0.15, 0.2) is 66.2 Å². The minimum atomic E-state index is -4.94. The summed E-state index contributed by atoms with van der Waals surface area (Å²) in [7, 11) is 1.42. The lowest BCUT2D eigenvalue weighted by Gasteiger charge is -2.30. The van der Waals surface area contributed by atoms with E-state index in [9.17, 15) is 37.1 Å². The zero-order chi connectivity index (χ0) is 36.0. The van der Waals surface area contributed by atoms with Gasteiger partial charge < -0.3 is 30.1 Å². The maximum absolute atomic E-state index is 14.1. The van der Waals surface area contributed by atoms with E-state index in [0.29, 0.717) is 67.6 Å². The number of carboxylic acid groups (broad SMARTS) is 1. The predicted molar refractivity (Wildman–Crippen MR) is 180 cm³/mol. The summed E-state index contributed by atoms with van der Waals surface area (Å²) in [5.41, 5.74) is 1.43. The fourth-order valence-electron chi connectivity index (χ4n) is 7.87. The molecule has 4 aliphatic rings. The molecule has 3 N–H and O–H groups in total. The highest BCUT2D eigenvalue weighted by Gasteiger charge is 2.55. The number of carbonyl (C=O) groups is 3. The molecule has 2 bridgehead atoms. The zero-order valence-corrected chi connectivity index (χ0v) is 27.8.